The predicted molar refractivity (Wildman–Crippen MR) is 108 cm³/mol. The van der Waals surface area contributed by atoms with Gasteiger partial charge in [-0.3, -0.25) is 4.72 Å². The summed E-state index contributed by atoms with van der Waals surface area (Å²) in [5.41, 5.74) is 1.58. The minimum Gasteiger partial charge on any atom is -0.311 e. The fourth-order valence-corrected chi connectivity index (χ4v) is 4.23. The first-order valence-electron chi connectivity index (χ1n) is 8.40. The molecule has 0 aliphatic rings. The van der Waals surface area contributed by atoms with E-state index < -0.39 is 10.0 Å². The van der Waals surface area contributed by atoms with Gasteiger partial charge >= 0.3 is 0 Å². The Bertz CT molecular complexity index is 1020. The highest BCUT2D eigenvalue weighted by Crippen LogP contribution is 2.28. The largest absolute Gasteiger partial charge is 0.311 e. The van der Waals surface area contributed by atoms with Gasteiger partial charge in [-0.05, 0) is 59.1 Å². The van der Waals surface area contributed by atoms with E-state index in [0.717, 1.165) is 15.6 Å². The summed E-state index contributed by atoms with van der Waals surface area (Å²) in [4.78, 5) is 1.19. The Kier molecular flexibility index (Phi) is 5.30. The van der Waals surface area contributed by atoms with Crippen LogP contribution in [0.3, 0.4) is 0 Å². The molecular formula is C19H22N4O2S2. The number of rotatable bonds is 5. The number of sulfonamides is 1. The van der Waals surface area contributed by atoms with Crippen LogP contribution in [0, 0.1) is 0 Å². The fourth-order valence-electron chi connectivity index (χ4n) is 2.41. The highest BCUT2D eigenvalue weighted by atomic mass is 32.2. The maximum atomic E-state index is 12.6. The lowest BCUT2D eigenvalue weighted by atomic mass is 9.87. The number of nitrogens with zero attached hydrogens (tertiary/aromatic N) is 3. The first-order valence-corrected chi connectivity index (χ1v) is 10.7. The normalized spacial score (nSPS) is 12.1. The molecule has 2 aromatic carbocycles. The first kappa shape index (κ1) is 19.4. The molecule has 0 saturated heterocycles. The van der Waals surface area contributed by atoms with E-state index in [9.17, 15) is 8.42 Å². The highest BCUT2D eigenvalue weighted by molar-refractivity contribution is 7.99. The van der Waals surface area contributed by atoms with Crippen molar-refractivity contribution in [3.05, 3.63) is 60.4 Å². The van der Waals surface area contributed by atoms with Crippen molar-refractivity contribution in [2.24, 2.45) is 7.05 Å². The van der Waals surface area contributed by atoms with Gasteiger partial charge in [0.15, 0.2) is 5.16 Å². The number of hydrogen-bond acceptors (Lipinski definition) is 5. The zero-order chi connectivity index (χ0) is 19.7. The van der Waals surface area contributed by atoms with Crippen molar-refractivity contribution in [3.8, 4) is 0 Å². The van der Waals surface area contributed by atoms with E-state index in [0.29, 0.717) is 5.69 Å². The summed E-state index contributed by atoms with van der Waals surface area (Å²) in [6.45, 7) is 6.28. The quantitative estimate of drug-likeness (QED) is 0.696. The molecule has 0 spiro atoms. The van der Waals surface area contributed by atoms with Gasteiger partial charge in [-0.1, -0.05) is 32.9 Å². The minimum atomic E-state index is -3.63. The second-order valence-corrected chi connectivity index (χ2v) is 9.95. The highest BCUT2D eigenvalue weighted by Gasteiger charge is 2.17. The van der Waals surface area contributed by atoms with E-state index in [1.165, 1.54) is 11.8 Å². The molecular weight excluding hydrogens is 380 g/mol. The molecule has 0 unspecified atom stereocenters. The third kappa shape index (κ3) is 4.70. The summed E-state index contributed by atoms with van der Waals surface area (Å²) < 4.78 is 29.7. The van der Waals surface area contributed by atoms with Gasteiger partial charge in [-0.2, -0.15) is 0 Å². The van der Waals surface area contributed by atoms with Gasteiger partial charge in [0, 0.05) is 17.6 Å². The van der Waals surface area contributed by atoms with Crippen LogP contribution in [0.4, 0.5) is 5.69 Å². The molecule has 3 aromatic rings. The Morgan fingerprint density at radius 3 is 2.15 bits per heavy atom. The Balaban J connectivity index is 1.73. The Labute approximate surface area is 164 Å². The molecule has 27 heavy (non-hydrogen) atoms. The van der Waals surface area contributed by atoms with Crippen LogP contribution in [0.15, 0.2) is 69.8 Å². The van der Waals surface area contributed by atoms with Crippen molar-refractivity contribution in [3.63, 3.8) is 0 Å². The summed E-state index contributed by atoms with van der Waals surface area (Å²) in [6.07, 6.45) is 1.63. The van der Waals surface area contributed by atoms with E-state index in [-0.39, 0.29) is 10.3 Å². The Morgan fingerprint density at radius 1 is 1.00 bits per heavy atom. The van der Waals surface area contributed by atoms with E-state index in [4.69, 9.17) is 0 Å². The molecule has 0 radical (unpaired) electrons. The number of anilines is 1. The lowest BCUT2D eigenvalue weighted by Crippen LogP contribution is -2.14. The maximum Gasteiger partial charge on any atom is 0.261 e. The Morgan fingerprint density at radius 2 is 1.63 bits per heavy atom. The second-order valence-electron chi connectivity index (χ2n) is 7.23. The molecule has 8 heteroatoms. The summed E-state index contributed by atoms with van der Waals surface area (Å²) in [5.74, 6) is 0. The summed E-state index contributed by atoms with van der Waals surface area (Å²) in [5, 5.41) is 8.63. The van der Waals surface area contributed by atoms with Crippen LogP contribution in [0.1, 0.15) is 26.3 Å². The van der Waals surface area contributed by atoms with Gasteiger partial charge in [0.1, 0.15) is 6.33 Å². The van der Waals surface area contributed by atoms with E-state index in [1.54, 1.807) is 30.6 Å². The average molecular weight is 403 g/mol. The van der Waals surface area contributed by atoms with Gasteiger partial charge in [-0.25, -0.2) is 8.42 Å². The summed E-state index contributed by atoms with van der Waals surface area (Å²) in [7, 11) is -1.76. The van der Waals surface area contributed by atoms with Gasteiger partial charge in [-0.15, -0.1) is 10.2 Å². The van der Waals surface area contributed by atoms with Crippen LogP contribution in [0.5, 0.6) is 0 Å². The molecule has 0 bridgehead atoms. The molecule has 0 fully saturated rings. The van der Waals surface area contributed by atoms with E-state index in [1.807, 2.05) is 35.9 Å². The van der Waals surface area contributed by atoms with Crippen molar-refractivity contribution in [1.29, 1.82) is 0 Å². The van der Waals surface area contributed by atoms with Crippen LogP contribution in [0.2, 0.25) is 0 Å². The van der Waals surface area contributed by atoms with Crippen LogP contribution < -0.4 is 4.72 Å². The third-order valence-electron chi connectivity index (χ3n) is 4.02. The molecule has 0 aliphatic carbocycles. The average Bonchev–Trinajstić information content (AvgIpc) is 3.01. The van der Waals surface area contributed by atoms with Crippen LogP contribution in [-0.2, 0) is 22.5 Å². The second kappa shape index (κ2) is 7.36. The lowest BCUT2D eigenvalue weighted by molar-refractivity contribution is 0.587. The van der Waals surface area contributed by atoms with Crippen molar-refractivity contribution in [2.45, 2.75) is 41.1 Å². The number of benzene rings is 2. The van der Waals surface area contributed by atoms with Gasteiger partial charge in [0.25, 0.3) is 10.0 Å². The molecule has 1 N–H and O–H groups in total. The maximum absolute atomic E-state index is 12.6. The molecule has 3 rings (SSSR count). The SMILES string of the molecule is Cn1cnnc1Sc1ccc(NS(=O)(=O)c2ccc(C(C)(C)C)cc2)cc1. The third-order valence-corrected chi connectivity index (χ3v) is 6.47. The molecule has 0 aliphatic heterocycles. The topological polar surface area (TPSA) is 76.9 Å². The van der Waals surface area contributed by atoms with Crippen molar-refractivity contribution >= 4 is 27.5 Å². The number of aromatic nitrogens is 3. The first-order chi connectivity index (χ1) is 12.6. The van der Waals surface area contributed by atoms with Crippen molar-refractivity contribution < 1.29 is 8.42 Å². The zero-order valence-electron chi connectivity index (χ0n) is 15.7. The smallest absolute Gasteiger partial charge is 0.261 e. The van der Waals surface area contributed by atoms with Crippen molar-refractivity contribution in [1.82, 2.24) is 14.8 Å². The van der Waals surface area contributed by atoms with E-state index in [2.05, 4.69) is 35.7 Å². The summed E-state index contributed by atoms with van der Waals surface area (Å²) >= 11 is 1.46. The number of hydrogen-bond donors (Lipinski definition) is 1. The number of aryl methyl sites for hydroxylation is 1. The monoisotopic (exact) mass is 402 g/mol. The van der Waals surface area contributed by atoms with Gasteiger partial charge < -0.3 is 4.57 Å². The van der Waals surface area contributed by atoms with Crippen LogP contribution in [0.25, 0.3) is 0 Å². The molecule has 1 aromatic heterocycles. The minimum absolute atomic E-state index is 0.0219. The fraction of sp³-hybridized carbons (Fsp3) is 0.263. The molecule has 1 heterocycles. The Hall–Kier alpha value is -2.32. The molecule has 0 saturated carbocycles. The van der Waals surface area contributed by atoms with Gasteiger partial charge in [0.05, 0.1) is 4.90 Å². The zero-order valence-corrected chi connectivity index (χ0v) is 17.3. The molecule has 142 valence electrons. The lowest BCUT2D eigenvalue weighted by Gasteiger charge is -2.19. The van der Waals surface area contributed by atoms with Crippen LogP contribution in [-0.4, -0.2) is 23.2 Å². The van der Waals surface area contributed by atoms with Crippen molar-refractivity contribution in [2.75, 3.05) is 4.72 Å². The predicted octanol–water partition coefficient (Wildman–Crippen LogP) is 4.06. The summed E-state index contributed by atoms with van der Waals surface area (Å²) in [6, 6.07) is 14.2. The standard InChI is InChI=1S/C19H22N4O2S2/c1-19(2,3)14-5-11-17(12-6-14)27(24,25)22-15-7-9-16(10-8-15)26-18-21-20-13-23(18)4/h5-13,22H,1-4H3. The van der Waals surface area contributed by atoms with E-state index >= 15 is 0 Å². The van der Waals surface area contributed by atoms with Gasteiger partial charge in [0.2, 0.25) is 0 Å². The van der Waals surface area contributed by atoms with Crippen LogP contribution >= 0.6 is 11.8 Å². The number of nitrogens with one attached hydrogen (secondary N) is 1. The molecule has 0 atom stereocenters. The molecule has 0 amide bonds. The molecule has 6 nitrogen and oxygen atoms in total.